The van der Waals surface area contributed by atoms with E-state index in [4.69, 9.17) is 4.42 Å². The third-order valence-corrected chi connectivity index (χ3v) is 2.53. The molecule has 0 aliphatic carbocycles. The van der Waals surface area contributed by atoms with Crippen LogP contribution in [0.1, 0.15) is 55.8 Å². The summed E-state index contributed by atoms with van der Waals surface area (Å²) in [4.78, 5) is 17.8. The minimum absolute atomic E-state index is 0.0744. The molecule has 0 aromatic carbocycles. The first-order valence-electron chi connectivity index (χ1n) is 5.76. The van der Waals surface area contributed by atoms with Gasteiger partial charge in [-0.2, -0.15) is 0 Å². The molecule has 0 aliphatic heterocycles. The van der Waals surface area contributed by atoms with Gasteiger partial charge in [0.25, 0.3) is 5.91 Å². The predicted molar refractivity (Wildman–Crippen MR) is 62.5 cm³/mol. The Morgan fingerprint density at radius 1 is 1.56 bits per heavy atom. The zero-order valence-electron chi connectivity index (χ0n) is 10.5. The maximum absolute atomic E-state index is 12.0. The number of unbranched alkanes of at least 4 members (excludes halogenated alkanes) is 1. The molecule has 4 heteroatoms. The standard InChI is InChI=1S/C12H20N2O2/c1-5-6-7-14(4)12(15)11-10(9(2)3)13-8-16-11/h8-9H,5-7H2,1-4H3. The molecule has 0 N–H and O–H groups in total. The molecule has 0 bridgehead atoms. The Balaban J connectivity index is 2.75. The third kappa shape index (κ3) is 2.84. The molecule has 1 aromatic heterocycles. The first kappa shape index (κ1) is 12.7. The van der Waals surface area contributed by atoms with E-state index in [1.54, 1.807) is 11.9 Å². The van der Waals surface area contributed by atoms with Crippen molar-refractivity contribution >= 4 is 5.91 Å². The Kier molecular flexibility index (Phi) is 4.52. The number of carbonyl (C=O) groups is 1. The minimum atomic E-state index is -0.0744. The quantitative estimate of drug-likeness (QED) is 0.772. The number of aromatic nitrogens is 1. The number of hydrogen-bond acceptors (Lipinski definition) is 3. The van der Waals surface area contributed by atoms with Crippen LogP contribution >= 0.6 is 0 Å². The molecule has 0 spiro atoms. The van der Waals surface area contributed by atoms with Crippen molar-refractivity contribution in [3.8, 4) is 0 Å². The molecule has 1 aromatic rings. The van der Waals surface area contributed by atoms with Crippen molar-refractivity contribution < 1.29 is 9.21 Å². The van der Waals surface area contributed by atoms with Gasteiger partial charge in [0.1, 0.15) is 0 Å². The van der Waals surface area contributed by atoms with Crippen LogP contribution in [-0.2, 0) is 0 Å². The van der Waals surface area contributed by atoms with Crippen LogP contribution in [0.2, 0.25) is 0 Å². The van der Waals surface area contributed by atoms with Gasteiger partial charge in [-0.15, -0.1) is 0 Å². The van der Waals surface area contributed by atoms with E-state index in [1.807, 2.05) is 13.8 Å². The maximum atomic E-state index is 12.0. The average molecular weight is 224 g/mol. The highest BCUT2D eigenvalue weighted by molar-refractivity contribution is 5.92. The summed E-state index contributed by atoms with van der Waals surface area (Å²) >= 11 is 0. The molecule has 1 heterocycles. The van der Waals surface area contributed by atoms with Crippen LogP contribution in [0.3, 0.4) is 0 Å². The molecule has 0 saturated heterocycles. The SMILES string of the molecule is CCCCN(C)C(=O)c1ocnc1C(C)C. The molecule has 1 amide bonds. The van der Waals surface area contributed by atoms with E-state index in [9.17, 15) is 4.79 Å². The first-order valence-corrected chi connectivity index (χ1v) is 5.76. The molecular formula is C12H20N2O2. The van der Waals surface area contributed by atoms with Gasteiger partial charge in [0.05, 0.1) is 5.69 Å². The molecule has 0 fully saturated rings. The largest absolute Gasteiger partial charge is 0.438 e. The van der Waals surface area contributed by atoms with Gasteiger partial charge in [-0.3, -0.25) is 4.79 Å². The van der Waals surface area contributed by atoms with Crippen molar-refractivity contribution in [1.29, 1.82) is 0 Å². The summed E-state index contributed by atoms with van der Waals surface area (Å²) in [7, 11) is 1.80. The lowest BCUT2D eigenvalue weighted by atomic mass is 10.1. The summed E-state index contributed by atoms with van der Waals surface area (Å²) in [5, 5.41) is 0. The molecule has 0 aliphatic rings. The Hall–Kier alpha value is -1.32. The van der Waals surface area contributed by atoms with Crippen LogP contribution in [0.4, 0.5) is 0 Å². The molecular weight excluding hydrogens is 204 g/mol. The monoisotopic (exact) mass is 224 g/mol. The average Bonchev–Trinajstić information content (AvgIpc) is 2.73. The summed E-state index contributed by atoms with van der Waals surface area (Å²) in [5.41, 5.74) is 0.744. The van der Waals surface area contributed by atoms with Gasteiger partial charge >= 0.3 is 0 Å². The minimum Gasteiger partial charge on any atom is -0.438 e. The lowest BCUT2D eigenvalue weighted by molar-refractivity contribution is 0.0760. The fourth-order valence-corrected chi connectivity index (χ4v) is 1.50. The lowest BCUT2D eigenvalue weighted by Crippen LogP contribution is -2.28. The fourth-order valence-electron chi connectivity index (χ4n) is 1.50. The first-order chi connectivity index (χ1) is 7.57. The smallest absolute Gasteiger partial charge is 0.291 e. The van der Waals surface area contributed by atoms with Crippen molar-refractivity contribution in [3.63, 3.8) is 0 Å². The number of amides is 1. The van der Waals surface area contributed by atoms with Gasteiger partial charge in [0.15, 0.2) is 6.39 Å². The lowest BCUT2D eigenvalue weighted by Gasteiger charge is -2.15. The topological polar surface area (TPSA) is 46.3 Å². The van der Waals surface area contributed by atoms with Crippen LogP contribution < -0.4 is 0 Å². The molecule has 0 radical (unpaired) electrons. The number of rotatable bonds is 5. The summed E-state index contributed by atoms with van der Waals surface area (Å²) in [6.45, 7) is 6.86. The van der Waals surface area contributed by atoms with E-state index in [0.29, 0.717) is 5.76 Å². The van der Waals surface area contributed by atoms with Crippen molar-refractivity contribution in [2.75, 3.05) is 13.6 Å². The van der Waals surface area contributed by atoms with Crippen LogP contribution in [0, 0.1) is 0 Å². The Labute approximate surface area is 96.7 Å². The number of hydrogen-bond donors (Lipinski definition) is 0. The Morgan fingerprint density at radius 2 is 2.25 bits per heavy atom. The van der Waals surface area contributed by atoms with Crippen LogP contribution in [0.5, 0.6) is 0 Å². The summed E-state index contributed by atoms with van der Waals surface area (Å²) in [6.07, 6.45) is 3.43. The third-order valence-electron chi connectivity index (χ3n) is 2.53. The summed E-state index contributed by atoms with van der Waals surface area (Å²) < 4.78 is 5.19. The zero-order valence-corrected chi connectivity index (χ0v) is 10.5. The normalized spacial score (nSPS) is 10.8. The Bertz CT molecular complexity index is 345. The van der Waals surface area contributed by atoms with Gasteiger partial charge in [-0.25, -0.2) is 4.98 Å². The second-order valence-electron chi connectivity index (χ2n) is 4.30. The molecule has 0 saturated carbocycles. The van der Waals surface area contributed by atoms with E-state index in [2.05, 4.69) is 11.9 Å². The van der Waals surface area contributed by atoms with E-state index < -0.39 is 0 Å². The molecule has 1 rings (SSSR count). The second kappa shape index (κ2) is 5.68. The summed E-state index contributed by atoms with van der Waals surface area (Å²) in [6, 6.07) is 0. The van der Waals surface area contributed by atoms with Gasteiger partial charge in [-0.05, 0) is 12.3 Å². The zero-order chi connectivity index (χ0) is 12.1. The molecule has 16 heavy (non-hydrogen) atoms. The van der Waals surface area contributed by atoms with Gasteiger partial charge in [-0.1, -0.05) is 27.2 Å². The van der Waals surface area contributed by atoms with E-state index in [0.717, 1.165) is 25.1 Å². The van der Waals surface area contributed by atoms with Gasteiger partial charge < -0.3 is 9.32 Å². The Morgan fingerprint density at radius 3 is 2.81 bits per heavy atom. The molecule has 0 unspecified atom stereocenters. The van der Waals surface area contributed by atoms with Crippen molar-refractivity contribution in [2.24, 2.45) is 0 Å². The molecule has 0 atom stereocenters. The van der Waals surface area contributed by atoms with Crippen LogP contribution in [0.15, 0.2) is 10.8 Å². The highest BCUT2D eigenvalue weighted by Gasteiger charge is 2.21. The van der Waals surface area contributed by atoms with Crippen molar-refractivity contribution in [1.82, 2.24) is 9.88 Å². The van der Waals surface area contributed by atoms with E-state index in [1.165, 1.54) is 6.39 Å². The van der Waals surface area contributed by atoms with Crippen LogP contribution in [0.25, 0.3) is 0 Å². The number of carbonyl (C=O) groups excluding carboxylic acids is 1. The van der Waals surface area contributed by atoms with Crippen molar-refractivity contribution in [2.45, 2.75) is 39.5 Å². The van der Waals surface area contributed by atoms with Crippen LogP contribution in [-0.4, -0.2) is 29.4 Å². The van der Waals surface area contributed by atoms with Gasteiger partial charge in [0, 0.05) is 13.6 Å². The molecule has 90 valence electrons. The van der Waals surface area contributed by atoms with E-state index >= 15 is 0 Å². The molecule has 4 nitrogen and oxygen atoms in total. The highest BCUT2D eigenvalue weighted by Crippen LogP contribution is 2.18. The predicted octanol–water partition coefficient (Wildman–Crippen LogP) is 2.67. The maximum Gasteiger partial charge on any atom is 0.291 e. The van der Waals surface area contributed by atoms with Crippen molar-refractivity contribution in [3.05, 3.63) is 17.8 Å². The second-order valence-corrected chi connectivity index (χ2v) is 4.30. The summed E-state index contributed by atoms with van der Waals surface area (Å²) in [5.74, 6) is 0.514. The number of nitrogens with zero attached hydrogens (tertiary/aromatic N) is 2. The van der Waals surface area contributed by atoms with E-state index in [-0.39, 0.29) is 11.8 Å². The van der Waals surface area contributed by atoms with Gasteiger partial charge in [0.2, 0.25) is 5.76 Å². The fraction of sp³-hybridized carbons (Fsp3) is 0.667. The number of oxazole rings is 1. The highest BCUT2D eigenvalue weighted by atomic mass is 16.3.